The number of amides is 1. The highest BCUT2D eigenvalue weighted by atomic mass is 16.5. The van der Waals surface area contributed by atoms with Crippen molar-refractivity contribution in [1.29, 1.82) is 5.26 Å². The predicted octanol–water partition coefficient (Wildman–Crippen LogP) is 5.71. The topological polar surface area (TPSA) is 133 Å². The van der Waals surface area contributed by atoms with E-state index in [1.54, 1.807) is 44.6 Å². The summed E-state index contributed by atoms with van der Waals surface area (Å²) in [5.74, 6) is 1.13. The molecule has 1 aromatic heterocycles. The fourth-order valence-corrected chi connectivity index (χ4v) is 5.51. The molecule has 41 heavy (non-hydrogen) atoms. The lowest BCUT2D eigenvalue weighted by Crippen LogP contribution is -2.21. The molecule has 3 N–H and O–H groups in total. The zero-order valence-corrected chi connectivity index (χ0v) is 22.7. The SMILES string of the molecule is COc1ccc(C2C(C#N)=C(N)Oc3cc(NC(=O)c4cc(-c5ccc6c(c5)CCCC6)on4)ccc32)cc1OC. The molecule has 0 spiro atoms. The van der Waals surface area contributed by atoms with Crippen molar-refractivity contribution in [2.45, 2.75) is 31.6 Å². The average molecular weight is 549 g/mol. The number of hydrogen-bond donors (Lipinski definition) is 2. The van der Waals surface area contributed by atoms with E-state index < -0.39 is 11.8 Å². The van der Waals surface area contributed by atoms with Crippen molar-refractivity contribution >= 4 is 11.6 Å². The molecule has 1 aliphatic carbocycles. The molecule has 9 heteroatoms. The maximum absolute atomic E-state index is 13.1. The Hall–Kier alpha value is -5.23. The van der Waals surface area contributed by atoms with E-state index in [4.69, 9.17) is 24.5 Å². The fraction of sp³-hybridized carbons (Fsp3) is 0.219. The van der Waals surface area contributed by atoms with E-state index in [1.165, 1.54) is 24.0 Å². The van der Waals surface area contributed by atoms with Gasteiger partial charge in [-0.15, -0.1) is 0 Å². The average Bonchev–Trinajstić information content (AvgIpc) is 3.50. The van der Waals surface area contributed by atoms with Gasteiger partial charge in [0.15, 0.2) is 23.0 Å². The third kappa shape index (κ3) is 4.85. The van der Waals surface area contributed by atoms with E-state index in [-0.39, 0.29) is 17.2 Å². The number of allylic oxidation sites excluding steroid dienone is 1. The quantitative estimate of drug-likeness (QED) is 0.313. The van der Waals surface area contributed by atoms with Crippen LogP contribution < -0.4 is 25.3 Å². The van der Waals surface area contributed by atoms with Crippen LogP contribution in [0.15, 0.2) is 76.6 Å². The van der Waals surface area contributed by atoms with Crippen LogP contribution in [0.1, 0.15) is 51.5 Å². The number of rotatable bonds is 6. The number of nitrogens with two attached hydrogens (primary N) is 1. The molecule has 1 atom stereocenters. The Morgan fingerprint density at radius 2 is 1.80 bits per heavy atom. The van der Waals surface area contributed by atoms with Crippen molar-refractivity contribution in [3.63, 3.8) is 0 Å². The first kappa shape index (κ1) is 26.0. The van der Waals surface area contributed by atoms with Gasteiger partial charge >= 0.3 is 0 Å². The number of fused-ring (bicyclic) bond motifs is 2. The largest absolute Gasteiger partial charge is 0.493 e. The molecule has 1 unspecified atom stereocenters. The normalized spacial score (nSPS) is 15.7. The lowest BCUT2D eigenvalue weighted by molar-refractivity contribution is 0.101. The third-order valence-corrected chi connectivity index (χ3v) is 7.59. The molecular weight excluding hydrogens is 520 g/mol. The number of carbonyl (C=O) groups is 1. The number of carbonyl (C=O) groups excluding carboxylic acids is 1. The maximum Gasteiger partial charge on any atom is 0.277 e. The van der Waals surface area contributed by atoms with Gasteiger partial charge < -0.3 is 29.8 Å². The number of methoxy groups -OCH3 is 2. The summed E-state index contributed by atoms with van der Waals surface area (Å²) >= 11 is 0. The van der Waals surface area contributed by atoms with Crippen LogP contribution in [-0.4, -0.2) is 25.3 Å². The van der Waals surface area contributed by atoms with Crippen LogP contribution in [0.4, 0.5) is 5.69 Å². The van der Waals surface area contributed by atoms with Crippen LogP contribution >= 0.6 is 0 Å². The van der Waals surface area contributed by atoms with Crippen LogP contribution in [0.25, 0.3) is 11.3 Å². The first-order valence-electron chi connectivity index (χ1n) is 13.3. The first-order valence-corrected chi connectivity index (χ1v) is 13.3. The number of ether oxygens (including phenoxy) is 3. The Kier molecular flexibility index (Phi) is 6.81. The molecule has 206 valence electrons. The van der Waals surface area contributed by atoms with E-state index in [9.17, 15) is 10.1 Å². The summed E-state index contributed by atoms with van der Waals surface area (Å²) in [7, 11) is 3.11. The number of anilines is 1. The predicted molar refractivity (Wildman–Crippen MR) is 152 cm³/mol. The van der Waals surface area contributed by atoms with Gasteiger partial charge in [0, 0.05) is 28.9 Å². The van der Waals surface area contributed by atoms with Gasteiger partial charge in [0.2, 0.25) is 5.88 Å². The van der Waals surface area contributed by atoms with Crippen LogP contribution in [0.2, 0.25) is 0 Å². The summed E-state index contributed by atoms with van der Waals surface area (Å²) in [6, 6.07) is 20.7. The summed E-state index contributed by atoms with van der Waals surface area (Å²) in [4.78, 5) is 13.1. The Morgan fingerprint density at radius 1 is 1.00 bits per heavy atom. The van der Waals surface area contributed by atoms with Crippen molar-refractivity contribution in [2.24, 2.45) is 5.73 Å². The number of aryl methyl sites for hydroxylation is 2. The van der Waals surface area contributed by atoms with Gasteiger partial charge in [-0.05, 0) is 66.6 Å². The smallest absolute Gasteiger partial charge is 0.277 e. The van der Waals surface area contributed by atoms with E-state index in [0.717, 1.165) is 29.5 Å². The van der Waals surface area contributed by atoms with Gasteiger partial charge in [-0.25, -0.2) is 0 Å². The summed E-state index contributed by atoms with van der Waals surface area (Å²) in [5.41, 5.74) is 12.2. The van der Waals surface area contributed by atoms with Crippen molar-refractivity contribution in [3.05, 3.63) is 100 Å². The molecule has 0 bridgehead atoms. The molecule has 6 rings (SSSR count). The summed E-state index contributed by atoms with van der Waals surface area (Å²) < 4.78 is 22.2. The first-order chi connectivity index (χ1) is 20.0. The molecular formula is C32H28N4O5. The van der Waals surface area contributed by atoms with Crippen LogP contribution in [0.5, 0.6) is 17.2 Å². The maximum atomic E-state index is 13.1. The molecule has 0 fully saturated rings. The number of nitrogens with one attached hydrogen (secondary N) is 1. The Labute approximate surface area is 237 Å². The highest BCUT2D eigenvalue weighted by molar-refractivity contribution is 6.03. The standard InChI is InChI=1S/C32H28N4O5/c1-38-26-12-9-21(14-29(26)39-2)30-23-11-10-22(15-28(23)40-31(34)24(30)17-33)35-32(37)25-16-27(41-36-25)20-8-7-18-5-3-4-6-19(18)13-20/h7-16,30H,3-6,34H2,1-2H3,(H,35,37). The summed E-state index contributed by atoms with van der Waals surface area (Å²) in [6.45, 7) is 0. The van der Waals surface area contributed by atoms with Gasteiger partial charge in [0.25, 0.3) is 5.91 Å². The second-order valence-electron chi connectivity index (χ2n) is 10.0. The van der Waals surface area contributed by atoms with Gasteiger partial charge in [0.1, 0.15) is 17.4 Å². The fourth-order valence-electron chi connectivity index (χ4n) is 5.51. The molecule has 9 nitrogen and oxygen atoms in total. The molecule has 3 aromatic carbocycles. The Balaban J connectivity index is 1.25. The number of nitrogens with zero attached hydrogens (tertiary/aromatic N) is 2. The van der Waals surface area contributed by atoms with Crippen LogP contribution in [-0.2, 0) is 12.8 Å². The lowest BCUT2D eigenvalue weighted by Gasteiger charge is -2.27. The molecule has 2 heterocycles. The van der Waals surface area contributed by atoms with Gasteiger partial charge in [-0.2, -0.15) is 5.26 Å². The molecule has 0 saturated carbocycles. The van der Waals surface area contributed by atoms with E-state index in [1.807, 2.05) is 18.2 Å². The lowest BCUT2D eigenvalue weighted by atomic mass is 9.83. The van der Waals surface area contributed by atoms with Crippen molar-refractivity contribution in [1.82, 2.24) is 5.16 Å². The number of benzene rings is 3. The minimum absolute atomic E-state index is 0.00514. The Bertz CT molecular complexity index is 1730. The molecule has 0 radical (unpaired) electrons. The zero-order chi connectivity index (χ0) is 28.5. The molecule has 1 amide bonds. The highest BCUT2D eigenvalue weighted by Gasteiger charge is 2.31. The number of nitriles is 1. The van der Waals surface area contributed by atoms with Crippen molar-refractivity contribution in [3.8, 4) is 34.6 Å². The van der Waals surface area contributed by atoms with E-state index in [0.29, 0.717) is 28.7 Å². The number of aromatic nitrogens is 1. The monoisotopic (exact) mass is 548 g/mol. The van der Waals surface area contributed by atoms with Gasteiger partial charge in [0.05, 0.1) is 20.1 Å². The zero-order valence-electron chi connectivity index (χ0n) is 22.7. The van der Waals surface area contributed by atoms with Gasteiger partial charge in [-0.1, -0.05) is 29.4 Å². The van der Waals surface area contributed by atoms with E-state index in [2.05, 4.69) is 28.7 Å². The molecule has 0 saturated heterocycles. The van der Waals surface area contributed by atoms with Crippen LogP contribution in [0, 0.1) is 11.3 Å². The van der Waals surface area contributed by atoms with Crippen molar-refractivity contribution in [2.75, 3.05) is 19.5 Å². The summed E-state index contributed by atoms with van der Waals surface area (Å²) in [5, 5.41) is 16.7. The van der Waals surface area contributed by atoms with Crippen LogP contribution in [0.3, 0.4) is 0 Å². The molecule has 2 aliphatic rings. The van der Waals surface area contributed by atoms with Crippen molar-refractivity contribution < 1.29 is 23.5 Å². The van der Waals surface area contributed by atoms with E-state index >= 15 is 0 Å². The minimum Gasteiger partial charge on any atom is -0.493 e. The third-order valence-electron chi connectivity index (χ3n) is 7.59. The minimum atomic E-state index is -0.497. The molecule has 1 aliphatic heterocycles. The molecule has 4 aromatic rings. The van der Waals surface area contributed by atoms with Gasteiger partial charge in [-0.3, -0.25) is 4.79 Å². The Morgan fingerprint density at radius 3 is 2.59 bits per heavy atom. The second kappa shape index (κ2) is 10.7. The summed E-state index contributed by atoms with van der Waals surface area (Å²) in [6.07, 6.45) is 4.54. The second-order valence-corrected chi connectivity index (χ2v) is 10.0. The highest BCUT2D eigenvalue weighted by Crippen LogP contribution is 2.44. The number of hydrogen-bond acceptors (Lipinski definition) is 8.